The lowest BCUT2D eigenvalue weighted by molar-refractivity contribution is 0.171. The molecule has 0 bridgehead atoms. The standard InChI is InChI=1S/C8H13BrN2O3S/c1-2-15(13,14)6-8(12)5-11-4-7(9)3-10-11/h3-4,8,12H,2,5-6H2,1H3. The quantitative estimate of drug-likeness (QED) is 0.856. The topological polar surface area (TPSA) is 72.2 Å². The Balaban J connectivity index is 2.53. The van der Waals surface area contributed by atoms with Crippen LogP contribution in [0.25, 0.3) is 0 Å². The van der Waals surface area contributed by atoms with Gasteiger partial charge in [-0.3, -0.25) is 4.68 Å². The average molecular weight is 297 g/mol. The number of sulfone groups is 1. The fourth-order valence-electron chi connectivity index (χ4n) is 1.12. The Labute approximate surface area is 97.2 Å². The van der Waals surface area contributed by atoms with Crippen molar-refractivity contribution in [3.63, 3.8) is 0 Å². The minimum atomic E-state index is -3.13. The first-order chi connectivity index (χ1) is 6.93. The van der Waals surface area contributed by atoms with E-state index in [-0.39, 0.29) is 18.1 Å². The second-order valence-corrected chi connectivity index (χ2v) is 6.55. The van der Waals surface area contributed by atoms with Gasteiger partial charge in [-0.1, -0.05) is 6.92 Å². The van der Waals surface area contributed by atoms with Gasteiger partial charge in [0, 0.05) is 11.9 Å². The third-order valence-electron chi connectivity index (χ3n) is 1.89. The SMILES string of the molecule is CCS(=O)(=O)CC(O)Cn1cc(Br)cn1. The van der Waals surface area contributed by atoms with Crippen LogP contribution in [0.15, 0.2) is 16.9 Å². The van der Waals surface area contributed by atoms with Gasteiger partial charge in [-0.25, -0.2) is 8.42 Å². The van der Waals surface area contributed by atoms with E-state index >= 15 is 0 Å². The molecule has 86 valence electrons. The van der Waals surface area contributed by atoms with Gasteiger partial charge in [0.15, 0.2) is 9.84 Å². The summed E-state index contributed by atoms with van der Waals surface area (Å²) in [6.45, 7) is 1.75. The Kier molecular flexibility index (Phi) is 4.30. The van der Waals surface area contributed by atoms with Gasteiger partial charge < -0.3 is 5.11 Å². The Morgan fingerprint density at radius 2 is 2.33 bits per heavy atom. The molecule has 5 nitrogen and oxygen atoms in total. The van der Waals surface area contributed by atoms with Crippen molar-refractivity contribution in [2.75, 3.05) is 11.5 Å². The highest BCUT2D eigenvalue weighted by Gasteiger charge is 2.15. The average Bonchev–Trinajstić information content (AvgIpc) is 2.50. The molecule has 0 saturated heterocycles. The summed E-state index contributed by atoms with van der Waals surface area (Å²) in [5, 5.41) is 13.4. The second kappa shape index (κ2) is 5.09. The van der Waals surface area contributed by atoms with Crippen LogP contribution in [0.4, 0.5) is 0 Å². The fraction of sp³-hybridized carbons (Fsp3) is 0.625. The van der Waals surface area contributed by atoms with E-state index in [1.807, 2.05) is 0 Å². The van der Waals surface area contributed by atoms with Crippen molar-refractivity contribution in [1.29, 1.82) is 0 Å². The highest BCUT2D eigenvalue weighted by Crippen LogP contribution is 2.07. The molecular weight excluding hydrogens is 284 g/mol. The molecule has 0 saturated carbocycles. The molecule has 0 aliphatic carbocycles. The van der Waals surface area contributed by atoms with Crippen LogP contribution in [0.1, 0.15) is 6.92 Å². The molecule has 15 heavy (non-hydrogen) atoms. The van der Waals surface area contributed by atoms with Gasteiger partial charge >= 0.3 is 0 Å². The first kappa shape index (κ1) is 12.7. The highest BCUT2D eigenvalue weighted by atomic mass is 79.9. The van der Waals surface area contributed by atoms with Crippen LogP contribution in [0, 0.1) is 0 Å². The number of hydrogen-bond donors (Lipinski definition) is 1. The molecule has 1 aromatic rings. The zero-order valence-corrected chi connectivity index (χ0v) is 10.7. The lowest BCUT2D eigenvalue weighted by Gasteiger charge is -2.09. The number of rotatable bonds is 5. The molecule has 0 aliphatic heterocycles. The van der Waals surface area contributed by atoms with Crippen LogP contribution in [0.5, 0.6) is 0 Å². The van der Waals surface area contributed by atoms with Crippen LogP contribution < -0.4 is 0 Å². The van der Waals surface area contributed by atoms with E-state index in [4.69, 9.17) is 0 Å². The molecule has 0 amide bonds. The minimum Gasteiger partial charge on any atom is -0.390 e. The number of nitrogens with zero attached hydrogens (tertiary/aromatic N) is 2. The number of aromatic nitrogens is 2. The fourth-order valence-corrected chi connectivity index (χ4v) is 2.37. The summed E-state index contributed by atoms with van der Waals surface area (Å²) in [5.74, 6) is -0.173. The molecule has 1 aromatic heterocycles. The first-order valence-electron chi connectivity index (χ1n) is 4.49. The second-order valence-electron chi connectivity index (χ2n) is 3.23. The summed E-state index contributed by atoms with van der Waals surface area (Å²) in [6, 6.07) is 0. The largest absolute Gasteiger partial charge is 0.390 e. The van der Waals surface area contributed by atoms with Gasteiger partial charge in [0.05, 0.1) is 29.1 Å². The van der Waals surface area contributed by atoms with E-state index in [2.05, 4.69) is 21.0 Å². The van der Waals surface area contributed by atoms with Crippen molar-refractivity contribution in [1.82, 2.24) is 9.78 Å². The Morgan fingerprint density at radius 1 is 1.67 bits per heavy atom. The van der Waals surface area contributed by atoms with Crippen LogP contribution in [-0.2, 0) is 16.4 Å². The van der Waals surface area contributed by atoms with Crippen molar-refractivity contribution in [3.05, 3.63) is 16.9 Å². The van der Waals surface area contributed by atoms with Gasteiger partial charge in [-0.05, 0) is 15.9 Å². The zero-order chi connectivity index (χ0) is 11.5. The summed E-state index contributed by atoms with van der Waals surface area (Å²) < 4.78 is 24.7. The summed E-state index contributed by atoms with van der Waals surface area (Å²) in [7, 11) is -3.13. The third kappa shape index (κ3) is 4.31. The molecule has 7 heteroatoms. The van der Waals surface area contributed by atoms with Crippen molar-refractivity contribution >= 4 is 25.8 Å². The summed E-state index contributed by atoms with van der Waals surface area (Å²) in [6.07, 6.45) is 2.35. The molecule has 0 spiro atoms. The van der Waals surface area contributed by atoms with E-state index in [9.17, 15) is 13.5 Å². The van der Waals surface area contributed by atoms with Crippen LogP contribution in [0.3, 0.4) is 0 Å². The van der Waals surface area contributed by atoms with Gasteiger partial charge in [0.25, 0.3) is 0 Å². The molecule has 1 unspecified atom stereocenters. The normalized spacial score (nSPS) is 14.1. The molecule has 1 atom stereocenters. The first-order valence-corrected chi connectivity index (χ1v) is 7.11. The van der Waals surface area contributed by atoms with Gasteiger partial charge in [0.1, 0.15) is 0 Å². The lowest BCUT2D eigenvalue weighted by atomic mass is 10.4. The van der Waals surface area contributed by atoms with E-state index in [1.165, 1.54) is 4.68 Å². The molecule has 0 aromatic carbocycles. The highest BCUT2D eigenvalue weighted by molar-refractivity contribution is 9.10. The Bertz CT molecular complexity index is 415. The molecule has 1 heterocycles. The van der Waals surface area contributed by atoms with Gasteiger partial charge in [-0.15, -0.1) is 0 Å². The Hall–Kier alpha value is -0.400. The molecule has 0 radical (unpaired) electrons. The number of aliphatic hydroxyl groups excluding tert-OH is 1. The maximum atomic E-state index is 11.2. The summed E-state index contributed by atoms with van der Waals surface area (Å²) >= 11 is 3.21. The van der Waals surface area contributed by atoms with E-state index in [1.54, 1.807) is 19.3 Å². The van der Waals surface area contributed by atoms with Crippen LogP contribution >= 0.6 is 15.9 Å². The van der Waals surface area contributed by atoms with E-state index in [0.29, 0.717) is 0 Å². The predicted molar refractivity (Wildman–Crippen MR) is 60.3 cm³/mol. The maximum Gasteiger partial charge on any atom is 0.152 e. The monoisotopic (exact) mass is 296 g/mol. The van der Waals surface area contributed by atoms with Gasteiger partial charge in [0.2, 0.25) is 0 Å². The number of halogens is 1. The van der Waals surface area contributed by atoms with E-state index in [0.717, 1.165) is 4.47 Å². The van der Waals surface area contributed by atoms with Crippen molar-refractivity contribution in [3.8, 4) is 0 Å². The number of hydrogen-bond acceptors (Lipinski definition) is 4. The van der Waals surface area contributed by atoms with Crippen LogP contribution in [0.2, 0.25) is 0 Å². The molecule has 1 rings (SSSR count). The predicted octanol–water partition coefficient (Wildman–Crippen LogP) is 0.441. The molecular formula is C8H13BrN2O3S. The summed E-state index contributed by atoms with van der Waals surface area (Å²) in [4.78, 5) is 0. The van der Waals surface area contributed by atoms with Crippen molar-refractivity contribution < 1.29 is 13.5 Å². The lowest BCUT2D eigenvalue weighted by Crippen LogP contribution is -2.26. The van der Waals surface area contributed by atoms with Gasteiger partial charge in [-0.2, -0.15) is 5.10 Å². The Morgan fingerprint density at radius 3 is 2.80 bits per heavy atom. The smallest absolute Gasteiger partial charge is 0.152 e. The van der Waals surface area contributed by atoms with Crippen molar-refractivity contribution in [2.45, 2.75) is 19.6 Å². The number of aliphatic hydroxyl groups is 1. The minimum absolute atomic E-state index is 0.0485. The summed E-state index contributed by atoms with van der Waals surface area (Å²) in [5.41, 5.74) is 0. The van der Waals surface area contributed by atoms with Crippen LogP contribution in [-0.4, -0.2) is 40.9 Å². The third-order valence-corrected chi connectivity index (χ3v) is 4.07. The molecule has 0 fully saturated rings. The van der Waals surface area contributed by atoms with E-state index < -0.39 is 15.9 Å². The maximum absolute atomic E-state index is 11.2. The zero-order valence-electron chi connectivity index (χ0n) is 8.30. The molecule has 0 aliphatic rings. The van der Waals surface area contributed by atoms with Crippen molar-refractivity contribution in [2.24, 2.45) is 0 Å². The molecule has 1 N–H and O–H groups in total.